The summed E-state index contributed by atoms with van der Waals surface area (Å²) in [4.78, 5) is 18.1. The number of carbonyl (C=O) groups is 1. The maximum atomic E-state index is 13.5. The molecular weight excluding hydrogens is 630 g/mol. The fraction of sp³-hybridized carbons (Fsp3) is 0.659. The number of hydrogen-bond acceptors (Lipinski definition) is 7. The highest BCUT2D eigenvalue weighted by molar-refractivity contribution is 5.90. The van der Waals surface area contributed by atoms with Crippen molar-refractivity contribution in [1.29, 1.82) is 0 Å². The van der Waals surface area contributed by atoms with Crippen molar-refractivity contribution in [2.75, 3.05) is 26.9 Å². The number of methoxy groups -OCH3 is 1. The maximum Gasteiger partial charge on any atom is 0.186 e. The number of fused-ring (bicyclic) bond motifs is 6. The lowest BCUT2D eigenvalue weighted by atomic mass is 9.58. The molecule has 0 aliphatic heterocycles. The first-order valence-corrected chi connectivity index (χ1v) is 18.9. The number of phenolic OH excluding ortho intramolecular Hbond substituents is 1. The van der Waals surface area contributed by atoms with Gasteiger partial charge in [0.25, 0.3) is 0 Å². The van der Waals surface area contributed by atoms with Gasteiger partial charge in [0.15, 0.2) is 23.2 Å². The zero-order valence-electron chi connectivity index (χ0n) is 30.3. The van der Waals surface area contributed by atoms with Crippen LogP contribution in [-0.2, 0) is 16.0 Å². The Bertz CT molecular complexity index is 1500. The molecule has 9 heteroatoms. The van der Waals surface area contributed by atoms with E-state index in [-0.39, 0.29) is 78.9 Å². The molecule has 1 aromatic rings. The van der Waals surface area contributed by atoms with Gasteiger partial charge in [0, 0.05) is 43.6 Å². The number of ketones is 1. The van der Waals surface area contributed by atoms with Gasteiger partial charge in [-0.15, -0.1) is 0 Å². The lowest BCUT2D eigenvalue weighted by Gasteiger charge is -2.47. The minimum Gasteiger partial charge on any atom is -0.504 e. The summed E-state index contributed by atoms with van der Waals surface area (Å²) in [5, 5.41) is 32.0. The van der Waals surface area contributed by atoms with Crippen LogP contribution in [0.15, 0.2) is 34.4 Å². The van der Waals surface area contributed by atoms with Crippen molar-refractivity contribution in [2.24, 2.45) is 46.0 Å². The second-order valence-corrected chi connectivity index (χ2v) is 15.1. The number of benzene rings is 1. The summed E-state index contributed by atoms with van der Waals surface area (Å²) in [6.45, 7) is 4.60. The molecule has 274 valence electrons. The largest absolute Gasteiger partial charge is 0.504 e. The van der Waals surface area contributed by atoms with Gasteiger partial charge in [-0.2, -0.15) is 0 Å². The summed E-state index contributed by atoms with van der Waals surface area (Å²) < 4.78 is 12.6. The van der Waals surface area contributed by atoms with Crippen LogP contribution >= 0.6 is 0 Å². The van der Waals surface area contributed by atoms with E-state index in [0.29, 0.717) is 43.1 Å². The van der Waals surface area contributed by atoms with E-state index in [1.54, 1.807) is 13.2 Å². The number of aliphatic hydroxyl groups excluding tert-OH is 2. The highest BCUT2D eigenvalue weighted by Crippen LogP contribution is 2.56. The van der Waals surface area contributed by atoms with Crippen LogP contribution in [0.3, 0.4) is 0 Å². The number of aliphatic hydroxyl groups is 2. The van der Waals surface area contributed by atoms with Crippen molar-refractivity contribution in [1.82, 2.24) is 0 Å². The first-order valence-electron chi connectivity index (χ1n) is 18.9. The number of aliphatic imine (C=N–C) groups is 1. The third-order valence-electron chi connectivity index (χ3n) is 11.7. The molecule has 2 bridgehead atoms. The third-order valence-corrected chi connectivity index (χ3v) is 11.7. The SMILES string of the molecule is CC[C@@H](CCO)/C(=C/C(=O)CCc1cc(OC2CCCC2)c(O)c2c1C#CC[C@H](N=C(N)N)C[C@H]1C=C3CC[C@@H](C)C[C@H]3[C@H]2[C@@H]1COC)CO. The van der Waals surface area contributed by atoms with Gasteiger partial charge in [-0.05, 0) is 123 Å². The van der Waals surface area contributed by atoms with Gasteiger partial charge in [0.1, 0.15) is 0 Å². The van der Waals surface area contributed by atoms with Crippen LogP contribution in [0.5, 0.6) is 11.5 Å². The number of nitrogens with zero attached hydrogens (tertiary/aromatic N) is 1. The number of ether oxygens (including phenoxy) is 2. The van der Waals surface area contributed by atoms with E-state index in [4.69, 9.17) is 20.9 Å². The van der Waals surface area contributed by atoms with E-state index in [1.807, 2.05) is 13.0 Å². The Labute approximate surface area is 298 Å². The number of rotatable bonds is 14. The van der Waals surface area contributed by atoms with Crippen molar-refractivity contribution in [3.05, 3.63) is 46.1 Å². The van der Waals surface area contributed by atoms with Crippen LogP contribution in [-0.4, -0.2) is 66.1 Å². The molecule has 2 saturated carbocycles. The summed E-state index contributed by atoms with van der Waals surface area (Å²) in [7, 11) is 1.74. The number of hydrogen-bond donors (Lipinski definition) is 5. The molecule has 2 fully saturated rings. The molecule has 0 saturated heterocycles. The molecule has 0 spiro atoms. The van der Waals surface area contributed by atoms with Gasteiger partial charge >= 0.3 is 0 Å². The number of aryl methyl sites for hydroxylation is 1. The Balaban J connectivity index is 1.67. The van der Waals surface area contributed by atoms with Crippen LogP contribution in [0.2, 0.25) is 0 Å². The Morgan fingerprint density at radius 3 is 2.64 bits per heavy atom. The fourth-order valence-electron chi connectivity index (χ4n) is 9.20. The molecule has 0 radical (unpaired) electrons. The Morgan fingerprint density at radius 1 is 1.18 bits per heavy atom. The molecule has 0 unspecified atom stereocenters. The monoisotopic (exact) mass is 689 g/mol. The van der Waals surface area contributed by atoms with Gasteiger partial charge in [0.2, 0.25) is 0 Å². The fourth-order valence-corrected chi connectivity index (χ4v) is 9.20. The first-order chi connectivity index (χ1) is 24.2. The molecule has 50 heavy (non-hydrogen) atoms. The summed E-state index contributed by atoms with van der Waals surface area (Å²) >= 11 is 0. The Morgan fingerprint density at radius 2 is 1.96 bits per heavy atom. The lowest BCUT2D eigenvalue weighted by Crippen LogP contribution is -2.39. The summed E-state index contributed by atoms with van der Waals surface area (Å²) in [5.41, 5.74) is 16.4. The van der Waals surface area contributed by atoms with Crippen LogP contribution in [0.25, 0.3) is 0 Å². The minimum absolute atomic E-state index is 0.00106. The average Bonchev–Trinajstić information content (AvgIpc) is 3.60. The molecule has 4 aliphatic rings. The predicted molar refractivity (Wildman–Crippen MR) is 197 cm³/mol. The van der Waals surface area contributed by atoms with Crippen molar-refractivity contribution >= 4 is 11.7 Å². The van der Waals surface area contributed by atoms with E-state index >= 15 is 0 Å². The molecule has 1 aromatic carbocycles. The van der Waals surface area contributed by atoms with Crippen molar-refractivity contribution < 1.29 is 29.6 Å². The zero-order valence-corrected chi connectivity index (χ0v) is 30.3. The van der Waals surface area contributed by atoms with E-state index in [0.717, 1.165) is 74.5 Å². The van der Waals surface area contributed by atoms with Gasteiger partial charge in [-0.25, -0.2) is 4.99 Å². The topological polar surface area (TPSA) is 161 Å². The Kier molecular flexibility index (Phi) is 13.5. The standard InChI is InChI=1S/C41H59N3O6/c1-4-26(16-17-45)30(23-46)21-32(47)15-14-28-22-37(50-33-9-5-6-10-33)40(48)39-34(28)11-7-8-31(44-41(42)43)20-29-19-27-13-12-25(2)18-35(27)38(39)36(29)24-49-3/h19,21-22,25-26,29,31,33,35-36,38,45-46,48H,4-6,8-10,12-18,20,23-24H2,1-3H3,(H4,42,43,44)/b30-21+/t25-,26+,29-,31+,35-,36-,38+/m1/s1. The summed E-state index contributed by atoms with van der Waals surface area (Å²) in [5.74, 6) is 8.27. The van der Waals surface area contributed by atoms with E-state index in [1.165, 1.54) is 5.57 Å². The minimum atomic E-state index is -0.222. The smallest absolute Gasteiger partial charge is 0.186 e. The van der Waals surface area contributed by atoms with E-state index < -0.39 is 0 Å². The van der Waals surface area contributed by atoms with Crippen molar-refractivity contribution in [3.63, 3.8) is 0 Å². The highest BCUT2D eigenvalue weighted by Gasteiger charge is 2.46. The van der Waals surface area contributed by atoms with Crippen molar-refractivity contribution in [3.8, 4) is 23.3 Å². The second-order valence-electron chi connectivity index (χ2n) is 15.1. The quantitative estimate of drug-likeness (QED) is 0.0549. The van der Waals surface area contributed by atoms with Gasteiger partial charge < -0.3 is 36.3 Å². The zero-order chi connectivity index (χ0) is 35.8. The molecule has 5 rings (SSSR count). The summed E-state index contributed by atoms with van der Waals surface area (Å²) in [6, 6.07) is 1.72. The van der Waals surface area contributed by atoms with Crippen LogP contribution in [0.4, 0.5) is 0 Å². The number of allylic oxidation sites excluding steroid dienone is 3. The van der Waals surface area contributed by atoms with Crippen LogP contribution in [0, 0.1) is 41.4 Å². The lowest BCUT2D eigenvalue weighted by molar-refractivity contribution is -0.114. The second kappa shape index (κ2) is 17.7. The summed E-state index contributed by atoms with van der Waals surface area (Å²) in [6.07, 6.45) is 14.3. The van der Waals surface area contributed by atoms with E-state index in [2.05, 4.69) is 29.8 Å². The average molecular weight is 690 g/mol. The molecule has 4 aliphatic carbocycles. The normalized spacial score (nSPS) is 27.2. The number of phenols is 1. The molecule has 0 heterocycles. The molecule has 0 amide bonds. The highest BCUT2D eigenvalue weighted by atomic mass is 16.5. The maximum absolute atomic E-state index is 13.5. The third kappa shape index (κ3) is 8.93. The number of carbonyl (C=O) groups excluding carboxylic acids is 1. The number of aromatic hydroxyl groups is 1. The Hall–Kier alpha value is -3.32. The number of nitrogens with two attached hydrogens (primary N) is 2. The van der Waals surface area contributed by atoms with Gasteiger partial charge in [-0.3, -0.25) is 4.79 Å². The first kappa shape index (κ1) is 37.9. The molecule has 0 aromatic heterocycles. The van der Waals surface area contributed by atoms with Gasteiger partial charge in [-0.1, -0.05) is 37.3 Å². The van der Waals surface area contributed by atoms with Crippen molar-refractivity contribution in [2.45, 2.75) is 115 Å². The molecule has 7 N–H and O–H groups in total. The molecule has 7 atom stereocenters. The number of guanidine groups is 1. The predicted octanol–water partition coefficient (Wildman–Crippen LogP) is 5.67. The van der Waals surface area contributed by atoms with Crippen LogP contribution in [0.1, 0.15) is 114 Å². The van der Waals surface area contributed by atoms with Gasteiger partial charge in [0.05, 0.1) is 25.4 Å². The molecule has 9 nitrogen and oxygen atoms in total. The van der Waals surface area contributed by atoms with E-state index in [9.17, 15) is 20.1 Å². The molecular formula is C41H59N3O6. The van der Waals surface area contributed by atoms with Crippen LogP contribution < -0.4 is 16.2 Å².